The third-order valence-corrected chi connectivity index (χ3v) is 3.47. The number of imide groups is 1. The molecule has 0 saturated carbocycles. The summed E-state index contributed by atoms with van der Waals surface area (Å²) in [6.07, 6.45) is 1.59. The fraction of sp³-hybridized carbons (Fsp3) is 0.200. The topological polar surface area (TPSA) is 81.5 Å². The van der Waals surface area contributed by atoms with E-state index in [2.05, 4.69) is 5.10 Å². The number of aryl methyl sites for hydroxylation is 1. The molecule has 7 heteroatoms. The Morgan fingerprint density at radius 3 is 2.32 bits per heavy atom. The highest BCUT2D eigenvalue weighted by molar-refractivity contribution is 6.22. The molecule has 0 saturated heterocycles. The van der Waals surface area contributed by atoms with E-state index in [1.165, 1.54) is 0 Å². The smallest absolute Gasteiger partial charge is 0.326 e. The van der Waals surface area contributed by atoms with E-state index in [0.717, 1.165) is 10.6 Å². The predicted molar refractivity (Wildman–Crippen MR) is 74.8 cm³/mol. The van der Waals surface area contributed by atoms with Gasteiger partial charge in [-0.2, -0.15) is 5.10 Å². The highest BCUT2D eigenvalue weighted by Crippen LogP contribution is 2.22. The van der Waals surface area contributed by atoms with Crippen LogP contribution in [0.5, 0.6) is 0 Å². The van der Waals surface area contributed by atoms with E-state index in [1.807, 2.05) is 0 Å². The molecule has 2 amide bonds. The molecule has 1 aliphatic heterocycles. The minimum Gasteiger partial charge on any atom is -0.458 e. The Hall–Kier alpha value is -2.96. The number of aromatic nitrogens is 2. The van der Waals surface area contributed by atoms with Crippen LogP contribution in [-0.2, 0) is 23.2 Å². The van der Waals surface area contributed by atoms with E-state index in [4.69, 9.17) is 4.74 Å². The van der Waals surface area contributed by atoms with E-state index in [-0.39, 0.29) is 6.61 Å². The number of amides is 2. The normalized spacial score (nSPS) is 13.4. The van der Waals surface area contributed by atoms with Crippen molar-refractivity contribution in [2.45, 2.75) is 6.61 Å². The Morgan fingerprint density at radius 1 is 1.14 bits per heavy atom. The van der Waals surface area contributed by atoms with Crippen molar-refractivity contribution in [1.82, 2.24) is 14.7 Å². The fourth-order valence-corrected chi connectivity index (χ4v) is 2.25. The summed E-state index contributed by atoms with van der Waals surface area (Å²) in [5.41, 5.74) is 1.34. The highest BCUT2D eigenvalue weighted by atomic mass is 16.5. The minimum atomic E-state index is -0.643. The molecular weight excluding hydrogens is 286 g/mol. The Labute approximate surface area is 126 Å². The van der Waals surface area contributed by atoms with Gasteiger partial charge in [-0.25, -0.2) is 0 Å². The van der Waals surface area contributed by atoms with Crippen molar-refractivity contribution in [3.05, 3.63) is 53.3 Å². The lowest BCUT2D eigenvalue weighted by atomic mass is 10.1. The number of hydrogen-bond donors (Lipinski definition) is 0. The summed E-state index contributed by atoms with van der Waals surface area (Å²) in [6, 6.07) is 8.20. The maximum Gasteiger partial charge on any atom is 0.326 e. The quantitative estimate of drug-likeness (QED) is 0.615. The number of fused-ring (bicyclic) bond motifs is 1. The zero-order valence-electron chi connectivity index (χ0n) is 11.9. The molecule has 0 N–H and O–H groups in total. The van der Waals surface area contributed by atoms with Crippen molar-refractivity contribution in [2.75, 3.05) is 6.54 Å². The van der Waals surface area contributed by atoms with Gasteiger partial charge in [-0.1, -0.05) is 12.1 Å². The van der Waals surface area contributed by atoms with Crippen LogP contribution >= 0.6 is 0 Å². The molecule has 1 aromatic carbocycles. The molecule has 0 aliphatic carbocycles. The summed E-state index contributed by atoms with van der Waals surface area (Å²) in [4.78, 5) is 37.0. The van der Waals surface area contributed by atoms with Crippen molar-refractivity contribution >= 4 is 17.8 Å². The molecule has 112 valence electrons. The Kier molecular flexibility index (Phi) is 3.46. The van der Waals surface area contributed by atoms with Gasteiger partial charge in [-0.15, -0.1) is 0 Å². The van der Waals surface area contributed by atoms with Crippen molar-refractivity contribution in [1.29, 1.82) is 0 Å². The maximum atomic E-state index is 12.1. The van der Waals surface area contributed by atoms with Crippen LogP contribution in [-0.4, -0.2) is 39.0 Å². The third-order valence-electron chi connectivity index (χ3n) is 3.47. The van der Waals surface area contributed by atoms with Gasteiger partial charge in [0.2, 0.25) is 0 Å². The predicted octanol–water partition coefficient (Wildman–Crippen LogP) is 0.759. The van der Waals surface area contributed by atoms with E-state index >= 15 is 0 Å². The first-order valence-electron chi connectivity index (χ1n) is 6.65. The molecule has 2 aromatic rings. The van der Waals surface area contributed by atoms with Crippen molar-refractivity contribution in [3.63, 3.8) is 0 Å². The van der Waals surface area contributed by atoms with Gasteiger partial charge in [0.15, 0.2) is 0 Å². The van der Waals surface area contributed by atoms with Crippen LogP contribution in [0.25, 0.3) is 0 Å². The van der Waals surface area contributed by atoms with E-state index in [9.17, 15) is 14.4 Å². The highest BCUT2D eigenvalue weighted by Gasteiger charge is 2.36. The standard InChI is InChI=1S/C15H13N3O4/c1-17-10(6-7-16-17)9-22-13(19)8-18-14(20)11-4-2-3-5-12(11)15(18)21/h2-7H,8-9H2,1H3. The van der Waals surface area contributed by atoms with Crippen molar-refractivity contribution in [2.24, 2.45) is 7.05 Å². The summed E-state index contributed by atoms with van der Waals surface area (Å²) in [6.45, 7) is -0.358. The summed E-state index contributed by atoms with van der Waals surface area (Å²) in [7, 11) is 1.73. The van der Waals surface area contributed by atoms with Crippen molar-refractivity contribution in [3.8, 4) is 0 Å². The molecule has 1 aromatic heterocycles. The number of rotatable bonds is 4. The lowest BCUT2D eigenvalue weighted by Gasteiger charge is -2.13. The zero-order valence-corrected chi connectivity index (χ0v) is 11.9. The Morgan fingerprint density at radius 2 is 1.77 bits per heavy atom. The largest absolute Gasteiger partial charge is 0.458 e. The zero-order chi connectivity index (χ0) is 15.7. The Balaban J connectivity index is 1.64. The second kappa shape index (κ2) is 5.44. The number of benzene rings is 1. The van der Waals surface area contributed by atoms with Gasteiger partial charge < -0.3 is 4.74 Å². The first-order valence-corrected chi connectivity index (χ1v) is 6.65. The molecule has 0 radical (unpaired) electrons. The fourth-order valence-electron chi connectivity index (χ4n) is 2.25. The molecule has 22 heavy (non-hydrogen) atoms. The number of nitrogens with zero attached hydrogens (tertiary/aromatic N) is 3. The van der Waals surface area contributed by atoms with Crippen LogP contribution in [0, 0.1) is 0 Å². The summed E-state index contributed by atoms with van der Waals surface area (Å²) in [5, 5.41) is 3.96. The second-order valence-electron chi connectivity index (χ2n) is 4.85. The average Bonchev–Trinajstić information content (AvgIpc) is 3.03. The van der Waals surface area contributed by atoms with Gasteiger partial charge in [0, 0.05) is 13.2 Å². The lowest BCUT2D eigenvalue weighted by Crippen LogP contribution is -2.35. The summed E-state index contributed by atoms with van der Waals surface area (Å²) in [5.74, 6) is -1.59. The van der Waals surface area contributed by atoms with Crippen LogP contribution < -0.4 is 0 Å². The van der Waals surface area contributed by atoms with E-state index in [0.29, 0.717) is 11.1 Å². The number of esters is 1. The number of ether oxygens (including phenoxy) is 1. The molecule has 1 aliphatic rings. The Bertz CT molecular complexity index is 731. The van der Waals surface area contributed by atoms with Gasteiger partial charge in [0.1, 0.15) is 13.2 Å². The molecule has 3 rings (SSSR count). The van der Waals surface area contributed by atoms with Crippen LogP contribution in [0.4, 0.5) is 0 Å². The van der Waals surface area contributed by atoms with Gasteiger partial charge in [0.05, 0.1) is 16.8 Å². The summed E-state index contributed by atoms with van der Waals surface area (Å²) >= 11 is 0. The molecule has 7 nitrogen and oxygen atoms in total. The number of carbonyl (C=O) groups excluding carboxylic acids is 3. The SMILES string of the molecule is Cn1nccc1COC(=O)CN1C(=O)c2ccccc2C1=O. The average molecular weight is 299 g/mol. The third kappa shape index (κ3) is 2.37. The van der Waals surface area contributed by atoms with Gasteiger partial charge in [-0.3, -0.25) is 24.0 Å². The molecule has 0 unspecified atom stereocenters. The molecule has 0 atom stereocenters. The van der Waals surface area contributed by atoms with Gasteiger partial charge in [0.25, 0.3) is 11.8 Å². The summed E-state index contributed by atoms with van der Waals surface area (Å²) < 4.78 is 6.66. The monoisotopic (exact) mass is 299 g/mol. The van der Waals surface area contributed by atoms with Crippen molar-refractivity contribution < 1.29 is 19.1 Å². The van der Waals surface area contributed by atoms with Gasteiger partial charge >= 0.3 is 5.97 Å². The minimum absolute atomic E-state index is 0.0402. The van der Waals surface area contributed by atoms with Crippen LogP contribution in [0.1, 0.15) is 26.4 Å². The first-order chi connectivity index (χ1) is 10.6. The van der Waals surface area contributed by atoms with E-state index in [1.54, 1.807) is 48.3 Å². The molecular formula is C15H13N3O4. The van der Waals surface area contributed by atoms with Gasteiger partial charge in [-0.05, 0) is 18.2 Å². The number of carbonyl (C=O) groups is 3. The molecule has 0 spiro atoms. The maximum absolute atomic E-state index is 12.1. The lowest BCUT2D eigenvalue weighted by molar-refractivity contribution is -0.145. The van der Waals surface area contributed by atoms with Crippen LogP contribution in [0.3, 0.4) is 0 Å². The molecule has 0 fully saturated rings. The van der Waals surface area contributed by atoms with Crippen LogP contribution in [0.2, 0.25) is 0 Å². The second-order valence-corrected chi connectivity index (χ2v) is 4.85. The molecule has 2 heterocycles. The molecule has 0 bridgehead atoms. The first kappa shape index (κ1) is 14.0. The van der Waals surface area contributed by atoms with Crippen LogP contribution in [0.15, 0.2) is 36.5 Å². The number of hydrogen-bond acceptors (Lipinski definition) is 5. The van der Waals surface area contributed by atoms with E-state index < -0.39 is 24.3 Å².